The molecule has 2 rings (SSSR count). The standard InChI is InChI=1S/C18H23N3O2S/c1-11-8-12(2)17(13(3)9-11)21-16(22)10-19-18(23)20-14(4)15-6-5-7-24-15/h5-9,14H,10H2,1-4H3,(H,21,22)(H2,19,20,23)/t14-/m1/s1. The van der Waals surface area contributed by atoms with Gasteiger partial charge in [-0.3, -0.25) is 4.79 Å². The van der Waals surface area contributed by atoms with Crippen LogP contribution in [0.15, 0.2) is 29.6 Å². The number of carbonyl (C=O) groups excluding carboxylic acids is 2. The SMILES string of the molecule is Cc1cc(C)c(NC(=O)CNC(=O)N[C@H](C)c2cccs2)c(C)c1. The highest BCUT2D eigenvalue weighted by atomic mass is 32.1. The van der Waals surface area contributed by atoms with Crippen LogP contribution >= 0.6 is 11.3 Å². The summed E-state index contributed by atoms with van der Waals surface area (Å²) in [6.07, 6.45) is 0. The van der Waals surface area contributed by atoms with Crippen molar-refractivity contribution in [3.8, 4) is 0 Å². The van der Waals surface area contributed by atoms with Gasteiger partial charge in [-0.05, 0) is 50.3 Å². The average Bonchev–Trinajstić information content (AvgIpc) is 3.03. The highest BCUT2D eigenvalue weighted by molar-refractivity contribution is 7.10. The molecule has 0 saturated carbocycles. The zero-order valence-corrected chi connectivity index (χ0v) is 15.2. The van der Waals surface area contributed by atoms with Gasteiger partial charge < -0.3 is 16.0 Å². The lowest BCUT2D eigenvalue weighted by Gasteiger charge is -2.15. The molecule has 0 saturated heterocycles. The number of hydrogen-bond acceptors (Lipinski definition) is 3. The summed E-state index contributed by atoms with van der Waals surface area (Å²) in [6, 6.07) is 7.50. The lowest BCUT2D eigenvalue weighted by Crippen LogP contribution is -2.41. The van der Waals surface area contributed by atoms with Crippen LogP contribution in [0.1, 0.15) is 34.5 Å². The van der Waals surface area contributed by atoms with Crippen molar-refractivity contribution in [1.29, 1.82) is 0 Å². The second-order valence-electron chi connectivity index (χ2n) is 5.89. The van der Waals surface area contributed by atoms with E-state index in [1.165, 1.54) is 0 Å². The molecule has 1 aromatic carbocycles. The minimum atomic E-state index is -0.358. The molecule has 1 aromatic heterocycles. The van der Waals surface area contributed by atoms with E-state index in [1.807, 2.05) is 57.3 Å². The van der Waals surface area contributed by atoms with Gasteiger partial charge in [0.1, 0.15) is 0 Å². The monoisotopic (exact) mass is 345 g/mol. The summed E-state index contributed by atoms with van der Waals surface area (Å²) in [6.45, 7) is 7.77. The molecule has 0 aliphatic heterocycles. The van der Waals surface area contributed by atoms with Gasteiger partial charge in [-0.25, -0.2) is 4.79 Å². The van der Waals surface area contributed by atoms with E-state index in [4.69, 9.17) is 0 Å². The molecule has 1 heterocycles. The number of urea groups is 1. The minimum absolute atomic E-state index is 0.0737. The minimum Gasteiger partial charge on any atom is -0.331 e. The van der Waals surface area contributed by atoms with Crippen molar-refractivity contribution >= 4 is 29.0 Å². The number of benzene rings is 1. The smallest absolute Gasteiger partial charge is 0.315 e. The number of hydrogen-bond donors (Lipinski definition) is 3. The van der Waals surface area contributed by atoms with E-state index in [0.717, 1.165) is 27.3 Å². The van der Waals surface area contributed by atoms with Gasteiger partial charge >= 0.3 is 6.03 Å². The van der Waals surface area contributed by atoms with Crippen molar-refractivity contribution in [1.82, 2.24) is 10.6 Å². The normalized spacial score (nSPS) is 11.7. The Kier molecular flexibility index (Phi) is 5.98. The first-order valence-electron chi connectivity index (χ1n) is 7.82. The molecule has 0 aliphatic carbocycles. The van der Waals surface area contributed by atoms with Crippen molar-refractivity contribution in [3.63, 3.8) is 0 Å². The summed E-state index contributed by atoms with van der Waals surface area (Å²) >= 11 is 1.58. The summed E-state index contributed by atoms with van der Waals surface area (Å²) in [7, 11) is 0. The van der Waals surface area contributed by atoms with Gasteiger partial charge in [0.05, 0.1) is 12.6 Å². The number of thiophene rings is 1. The molecular formula is C18H23N3O2S. The van der Waals surface area contributed by atoms with Crippen LogP contribution in [0.3, 0.4) is 0 Å². The van der Waals surface area contributed by atoms with Gasteiger partial charge in [0.25, 0.3) is 0 Å². The first kappa shape index (κ1) is 18.0. The zero-order chi connectivity index (χ0) is 17.7. The Morgan fingerprint density at radius 1 is 1.17 bits per heavy atom. The Labute approximate surface area is 146 Å². The summed E-state index contributed by atoms with van der Waals surface area (Å²) < 4.78 is 0. The second kappa shape index (κ2) is 7.97. The van der Waals surface area contributed by atoms with Crippen LogP contribution < -0.4 is 16.0 Å². The largest absolute Gasteiger partial charge is 0.331 e. The Hall–Kier alpha value is -2.34. The topological polar surface area (TPSA) is 70.2 Å². The summed E-state index contributed by atoms with van der Waals surface area (Å²) in [5, 5.41) is 10.2. The molecule has 0 spiro atoms. The molecule has 0 radical (unpaired) electrons. The molecule has 0 unspecified atom stereocenters. The maximum Gasteiger partial charge on any atom is 0.315 e. The van der Waals surface area contributed by atoms with E-state index in [9.17, 15) is 9.59 Å². The molecular weight excluding hydrogens is 322 g/mol. The van der Waals surface area contributed by atoms with Crippen molar-refractivity contribution in [2.75, 3.05) is 11.9 Å². The van der Waals surface area contributed by atoms with Crippen LogP contribution in [0.4, 0.5) is 10.5 Å². The fourth-order valence-electron chi connectivity index (χ4n) is 2.58. The van der Waals surface area contributed by atoms with Crippen molar-refractivity contribution in [3.05, 3.63) is 51.2 Å². The molecule has 5 nitrogen and oxygen atoms in total. The Bertz CT molecular complexity index is 703. The molecule has 0 bridgehead atoms. The third-order valence-electron chi connectivity index (χ3n) is 3.67. The molecule has 6 heteroatoms. The Morgan fingerprint density at radius 2 is 1.83 bits per heavy atom. The number of amides is 3. The van der Waals surface area contributed by atoms with Crippen LogP contribution in [0, 0.1) is 20.8 Å². The zero-order valence-electron chi connectivity index (χ0n) is 14.4. The van der Waals surface area contributed by atoms with Crippen molar-refractivity contribution < 1.29 is 9.59 Å². The lowest BCUT2D eigenvalue weighted by atomic mass is 10.1. The van der Waals surface area contributed by atoms with Crippen LogP contribution in [0.5, 0.6) is 0 Å². The predicted molar refractivity (Wildman–Crippen MR) is 98.6 cm³/mol. The highest BCUT2D eigenvalue weighted by Gasteiger charge is 2.12. The fraction of sp³-hybridized carbons (Fsp3) is 0.333. The number of nitrogens with one attached hydrogen (secondary N) is 3. The van der Waals surface area contributed by atoms with Crippen LogP contribution in [0.25, 0.3) is 0 Å². The molecule has 128 valence electrons. The van der Waals surface area contributed by atoms with E-state index in [-0.39, 0.29) is 24.5 Å². The Balaban J connectivity index is 1.84. The van der Waals surface area contributed by atoms with E-state index in [0.29, 0.717) is 0 Å². The summed E-state index contributed by atoms with van der Waals surface area (Å²) in [5.74, 6) is -0.246. The maximum absolute atomic E-state index is 12.1. The molecule has 0 fully saturated rings. The average molecular weight is 345 g/mol. The lowest BCUT2D eigenvalue weighted by molar-refractivity contribution is -0.115. The summed E-state index contributed by atoms with van der Waals surface area (Å²) in [4.78, 5) is 25.0. The highest BCUT2D eigenvalue weighted by Crippen LogP contribution is 2.21. The number of rotatable bonds is 5. The quantitative estimate of drug-likeness (QED) is 0.774. The van der Waals surface area contributed by atoms with Gasteiger partial charge in [-0.15, -0.1) is 11.3 Å². The third kappa shape index (κ3) is 4.83. The number of carbonyl (C=O) groups is 2. The van der Waals surface area contributed by atoms with Gasteiger partial charge in [0, 0.05) is 10.6 Å². The van der Waals surface area contributed by atoms with Crippen LogP contribution in [-0.4, -0.2) is 18.5 Å². The summed E-state index contributed by atoms with van der Waals surface area (Å²) in [5.41, 5.74) is 3.98. The molecule has 1 atom stereocenters. The second-order valence-corrected chi connectivity index (χ2v) is 6.87. The molecule has 3 N–H and O–H groups in total. The van der Waals surface area contributed by atoms with Crippen molar-refractivity contribution in [2.24, 2.45) is 0 Å². The van der Waals surface area contributed by atoms with Crippen LogP contribution in [0.2, 0.25) is 0 Å². The Morgan fingerprint density at radius 3 is 2.42 bits per heavy atom. The number of anilines is 1. The van der Waals surface area contributed by atoms with E-state index in [1.54, 1.807) is 11.3 Å². The first-order chi connectivity index (χ1) is 11.4. The molecule has 2 aromatic rings. The van der Waals surface area contributed by atoms with Crippen LogP contribution in [-0.2, 0) is 4.79 Å². The predicted octanol–water partition coefficient (Wildman–Crippen LogP) is 3.67. The fourth-order valence-corrected chi connectivity index (χ4v) is 3.31. The van der Waals surface area contributed by atoms with E-state index < -0.39 is 0 Å². The van der Waals surface area contributed by atoms with Crippen molar-refractivity contribution in [2.45, 2.75) is 33.7 Å². The maximum atomic E-state index is 12.1. The molecule has 0 aliphatic rings. The van der Waals surface area contributed by atoms with E-state index >= 15 is 0 Å². The number of aryl methyl sites for hydroxylation is 3. The third-order valence-corrected chi connectivity index (χ3v) is 4.72. The molecule has 24 heavy (non-hydrogen) atoms. The van der Waals surface area contributed by atoms with Gasteiger partial charge in [0.15, 0.2) is 0 Å². The first-order valence-corrected chi connectivity index (χ1v) is 8.70. The van der Waals surface area contributed by atoms with Gasteiger partial charge in [0.2, 0.25) is 5.91 Å². The molecule has 3 amide bonds. The van der Waals surface area contributed by atoms with Gasteiger partial charge in [-0.1, -0.05) is 23.8 Å². The van der Waals surface area contributed by atoms with Gasteiger partial charge in [-0.2, -0.15) is 0 Å². The van der Waals surface area contributed by atoms with E-state index in [2.05, 4.69) is 16.0 Å².